The van der Waals surface area contributed by atoms with E-state index >= 15 is 0 Å². The van der Waals surface area contributed by atoms with E-state index in [2.05, 4.69) is 20.5 Å². The summed E-state index contributed by atoms with van der Waals surface area (Å²) in [6.07, 6.45) is 5.16. The second-order valence-electron chi connectivity index (χ2n) is 5.86. The van der Waals surface area contributed by atoms with Crippen LogP contribution in [0.5, 0.6) is 0 Å². The molecule has 1 aromatic rings. The Morgan fingerprint density at radius 2 is 2.32 bits per heavy atom. The van der Waals surface area contributed by atoms with Gasteiger partial charge in [0.2, 0.25) is 0 Å². The summed E-state index contributed by atoms with van der Waals surface area (Å²) in [5, 5.41) is 6.17. The van der Waals surface area contributed by atoms with Crippen LogP contribution in [0, 0.1) is 0 Å². The van der Waals surface area contributed by atoms with E-state index in [4.69, 9.17) is 4.74 Å². The number of nitrogens with zero attached hydrogens (tertiary/aromatic N) is 2. The normalized spacial score (nSPS) is 17.7. The van der Waals surface area contributed by atoms with E-state index in [-0.39, 0.29) is 5.91 Å². The van der Waals surface area contributed by atoms with E-state index in [9.17, 15) is 4.79 Å². The molecule has 1 aliphatic heterocycles. The van der Waals surface area contributed by atoms with E-state index in [0.29, 0.717) is 18.3 Å². The van der Waals surface area contributed by atoms with E-state index in [1.165, 1.54) is 0 Å². The molecule has 0 spiro atoms. The smallest absolute Gasteiger partial charge is 0.269 e. The van der Waals surface area contributed by atoms with E-state index < -0.39 is 0 Å². The molecule has 1 saturated heterocycles. The topological polar surface area (TPSA) is 66.5 Å². The lowest BCUT2D eigenvalue weighted by molar-refractivity contribution is 0.0947. The fraction of sp³-hybridized carbons (Fsp3) is 0.625. The Morgan fingerprint density at radius 1 is 1.45 bits per heavy atom. The van der Waals surface area contributed by atoms with Gasteiger partial charge in [0.1, 0.15) is 5.69 Å². The maximum Gasteiger partial charge on any atom is 0.269 e. The maximum atomic E-state index is 11.9. The van der Waals surface area contributed by atoms with Crippen LogP contribution in [0.2, 0.25) is 0 Å². The van der Waals surface area contributed by atoms with Crippen molar-refractivity contribution >= 4 is 11.6 Å². The number of carbonyl (C=O) groups is 1. The van der Waals surface area contributed by atoms with Crippen molar-refractivity contribution in [2.45, 2.75) is 25.4 Å². The molecular weight excluding hydrogens is 280 g/mol. The number of rotatable bonds is 8. The van der Waals surface area contributed by atoms with Crippen LogP contribution in [-0.2, 0) is 4.74 Å². The summed E-state index contributed by atoms with van der Waals surface area (Å²) < 4.78 is 5.56. The van der Waals surface area contributed by atoms with Gasteiger partial charge in [-0.15, -0.1) is 0 Å². The third kappa shape index (κ3) is 5.61. The highest BCUT2D eigenvalue weighted by Crippen LogP contribution is 2.13. The van der Waals surface area contributed by atoms with E-state index in [0.717, 1.165) is 44.6 Å². The minimum Gasteiger partial charge on any atom is -0.381 e. The monoisotopic (exact) mass is 306 g/mol. The molecule has 1 aromatic heterocycles. The zero-order chi connectivity index (χ0) is 15.8. The molecule has 0 aliphatic carbocycles. The summed E-state index contributed by atoms with van der Waals surface area (Å²) in [6, 6.07) is 3.63. The van der Waals surface area contributed by atoms with Crippen molar-refractivity contribution in [3.63, 3.8) is 0 Å². The largest absolute Gasteiger partial charge is 0.381 e. The van der Waals surface area contributed by atoms with Gasteiger partial charge in [0.15, 0.2) is 0 Å². The molecule has 2 N–H and O–H groups in total. The van der Waals surface area contributed by atoms with Gasteiger partial charge in [-0.3, -0.25) is 4.79 Å². The molecule has 1 atom stereocenters. The van der Waals surface area contributed by atoms with Crippen molar-refractivity contribution in [2.75, 3.05) is 45.7 Å². The maximum absolute atomic E-state index is 11.9. The SMILES string of the molecule is CN(C)CCCNC(=O)c1ccc(NCC2CCCO2)cn1. The van der Waals surface area contributed by atoms with Gasteiger partial charge in [0.05, 0.1) is 18.0 Å². The van der Waals surface area contributed by atoms with Gasteiger partial charge in [-0.05, 0) is 52.0 Å². The molecule has 2 rings (SSSR count). The van der Waals surface area contributed by atoms with Crippen LogP contribution in [-0.4, -0.2) is 62.2 Å². The minimum atomic E-state index is -0.121. The zero-order valence-electron chi connectivity index (χ0n) is 13.5. The second kappa shape index (κ2) is 8.70. The third-order valence-corrected chi connectivity index (χ3v) is 3.62. The van der Waals surface area contributed by atoms with Crippen LogP contribution >= 0.6 is 0 Å². The van der Waals surface area contributed by atoms with Crippen molar-refractivity contribution in [3.8, 4) is 0 Å². The molecule has 0 radical (unpaired) electrons. The molecule has 1 amide bonds. The Hall–Kier alpha value is -1.66. The highest BCUT2D eigenvalue weighted by atomic mass is 16.5. The van der Waals surface area contributed by atoms with Gasteiger partial charge >= 0.3 is 0 Å². The van der Waals surface area contributed by atoms with Crippen LogP contribution in [0.15, 0.2) is 18.3 Å². The van der Waals surface area contributed by atoms with Gasteiger partial charge < -0.3 is 20.3 Å². The fourth-order valence-corrected chi connectivity index (χ4v) is 2.36. The number of hydrogen-bond acceptors (Lipinski definition) is 5. The number of carbonyl (C=O) groups excluding carboxylic acids is 1. The van der Waals surface area contributed by atoms with Crippen molar-refractivity contribution in [3.05, 3.63) is 24.0 Å². The molecule has 6 heteroatoms. The number of anilines is 1. The molecule has 6 nitrogen and oxygen atoms in total. The Kier molecular flexibility index (Phi) is 6.61. The number of aromatic nitrogens is 1. The van der Waals surface area contributed by atoms with E-state index in [1.54, 1.807) is 12.3 Å². The fourth-order valence-electron chi connectivity index (χ4n) is 2.36. The third-order valence-electron chi connectivity index (χ3n) is 3.62. The summed E-state index contributed by atoms with van der Waals surface area (Å²) in [5.41, 5.74) is 1.37. The van der Waals surface area contributed by atoms with Gasteiger partial charge in [-0.25, -0.2) is 4.98 Å². The quantitative estimate of drug-likeness (QED) is 0.710. The minimum absolute atomic E-state index is 0.121. The molecule has 0 aromatic carbocycles. The average molecular weight is 306 g/mol. The van der Waals surface area contributed by atoms with Crippen LogP contribution in [0.25, 0.3) is 0 Å². The molecular formula is C16H26N4O2. The van der Waals surface area contributed by atoms with Crippen molar-refractivity contribution < 1.29 is 9.53 Å². The van der Waals surface area contributed by atoms with Gasteiger partial charge in [0.25, 0.3) is 5.91 Å². The van der Waals surface area contributed by atoms with Gasteiger partial charge in [0, 0.05) is 19.7 Å². The van der Waals surface area contributed by atoms with E-state index in [1.807, 2.05) is 20.2 Å². The lowest BCUT2D eigenvalue weighted by Gasteiger charge is -2.12. The highest BCUT2D eigenvalue weighted by molar-refractivity contribution is 5.92. The van der Waals surface area contributed by atoms with Crippen LogP contribution in [0.1, 0.15) is 29.8 Å². The van der Waals surface area contributed by atoms with Crippen molar-refractivity contribution in [2.24, 2.45) is 0 Å². The lowest BCUT2D eigenvalue weighted by atomic mass is 10.2. The average Bonchev–Trinajstić information content (AvgIpc) is 3.03. The van der Waals surface area contributed by atoms with Crippen molar-refractivity contribution in [1.82, 2.24) is 15.2 Å². The molecule has 1 unspecified atom stereocenters. The number of nitrogens with one attached hydrogen (secondary N) is 2. The summed E-state index contributed by atoms with van der Waals surface area (Å²) in [5.74, 6) is -0.121. The van der Waals surface area contributed by atoms with Crippen molar-refractivity contribution in [1.29, 1.82) is 0 Å². The Labute approximate surface area is 132 Å². The molecule has 1 fully saturated rings. The van der Waals surface area contributed by atoms with Gasteiger partial charge in [-0.2, -0.15) is 0 Å². The number of pyridine rings is 1. The van der Waals surface area contributed by atoms with Crippen LogP contribution in [0.4, 0.5) is 5.69 Å². The first-order valence-electron chi connectivity index (χ1n) is 7.89. The molecule has 0 saturated carbocycles. The number of ether oxygens (including phenoxy) is 1. The first-order valence-corrected chi connectivity index (χ1v) is 7.89. The molecule has 122 valence electrons. The predicted octanol–water partition coefficient (Wildman–Crippen LogP) is 1.35. The number of amides is 1. The summed E-state index contributed by atoms with van der Waals surface area (Å²) in [6.45, 7) is 3.27. The highest BCUT2D eigenvalue weighted by Gasteiger charge is 2.15. The first-order chi connectivity index (χ1) is 10.6. The molecule has 22 heavy (non-hydrogen) atoms. The first kappa shape index (κ1) is 16.7. The van der Waals surface area contributed by atoms with Crippen LogP contribution < -0.4 is 10.6 Å². The summed E-state index contributed by atoms with van der Waals surface area (Å²) in [7, 11) is 4.04. The zero-order valence-corrected chi connectivity index (χ0v) is 13.5. The van der Waals surface area contributed by atoms with Gasteiger partial charge in [-0.1, -0.05) is 0 Å². The second-order valence-corrected chi connectivity index (χ2v) is 5.86. The Morgan fingerprint density at radius 3 is 2.95 bits per heavy atom. The lowest BCUT2D eigenvalue weighted by Crippen LogP contribution is -2.27. The Balaban J connectivity index is 1.71. The standard InChI is InChI=1S/C16H26N4O2/c1-20(2)9-4-8-17-16(21)15-7-6-13(11-19-15)18-12-14-5-3-10-22-14/h6-7,11,14,18H,3-5,8-10,12H2,1-2H3,(H,17,21). The summed E-state index contributed by atoms with van der Waals surface area (Å²) in [4.78, 5) is 18.2. The molecule has 0 bridgehead atoms. The summed E-state index contributed by atoms with van der Waals surface area (Å²) >= 11 is 0. The van der Waals surface area contributed by atoms with Crippen LogP contribution in [0.3, 0.4) is 0 Å². The Bertz CT molecular complexity index is 456. The molecule has 1 aliphatic rings. The predicted molar refractivity (Wildman–Crippen MR) is 87.2 cm³/mol. The number of hydrogen-bond donors (Lipinski definition) is 2. The molecule has 2 heterocycles.